The molecule has 2 heteroatoms. The minimum absolute atomic E-state index is 0.250. The highest BCUT2D eigenvalue weighted by atomic mass is 16.3. The Hall–Kier alpha value is -1.57. The first-order valence-electron chi connectivity index (χ1n) is 3.82. The SMILES string of the molecule is C=C.Cc1ccc(C)cc1.O=CO. The molecule has 1 rings (SSSR count). The van der Waals surface area contributed by atoms with Crippen LogP contribution in [0.1, 0.15) is 11.1 Å². The van der Waals surface area contributed by atoms with Gasteiger partial charge in [-0.2, -0.15) is 0 Å². The predicted molar refractivity (Wildman–Crippen MR) is 55.9 cm³/mol. The van der Waals surface area contributed by atoms with Gasteiger partial charge in [-0.1, -0.05) is 35.4 Å². The lowest BCUT2D eigenvalue weighted by atomic mass is 10.2. The summed E-state index contributed by atoms with van der Waals surface area (Å²) < 4.78 is 0. The van der Waals surface area contributed by atoms with Gasteiger partial charge in [-0.05, 0) is 13.8 Å². The molecule has 0 radical (unpaired) electrons. The maximum atomic E-state index is 8.36. The highest BCUT2D eigenvalue weighted by molar-refractivity contribution is 5.32. The van der Waals surface area contributed by atoms with Gasteiger partial charge in [-0.25, -0.2) is 0 Å². The van der Waals surface area contributed by atoms with E-state index in [0.717, 1.165) is 0 Å². The van der Waals surface area contributed by atoms with Crippen molar-refractivity contribution in [2.24, 2.45) is 0 Å². The van der Waals surface area contributed by atoms with E-state index in [-0.39, 0.29) is 6.47 Å². The van der Waals surface area contributed by atoms with Gasteiger partial charge in [-0.15, -0.1) is 13.2 Å². The first-order chi connectivity index (χ1) is 6.20. The topological polar surface area (TPSA) is 37.3 Å². The zero-order valence-electron chi connectivity index (χ0n) is 8.16. The van der Waals surface area contributed by atoms with Crippen molar-refractivity contribution in [3.63, 3.8) is 0 Å². The second-order valence-electron chi connectivity index (χ2n) is 2.26. The molecule has 72 valence electrons. The van der Waals surface area contributed by atoms with Crippen molar-refractivity contribution in [3.05, 3.63) is 48.6 Å². The lowest BCUT2D eigenvalue weighted by Crippen LogP contribution is -1.70. The van der Waals surface area contributed by atoms with Crippen LogP contribution < -0.4 is 0 Å². The number of benzene rings is 1. The van der Waals surface area contributed by atoms with Crippen LogP contribution in [0.15, 0.2) is 37.4 Å². The van der Waals surface area contributed by atoms with Crippen LogP contribution in [0.5, 0.6) is 0 Å². The van der Waals surface area contributed by atoms with Crippen LogP contribution in [0, 0.1) is 13.8 Å². The lowest BCUT2D eigenvalue weighted by Gasteiger charge is -1.90. The van der Waals surface area contributed by atoms with Crippen LogP contribution in [0.4, 0.5) is 0 Å². The number of hydrogen-bond acceptors (Lipinski definition) is 1. The van der Waals surface area contributed by atoms with Gasteiger partial charge in [0.15, 0.2) is 0 Å². The van der Waals surface area contributed by atoms with Crippen molar-refractivity contribution >= 4 is 6.47 Å². The van der Waals surface area contributed by atoms with E-state index in [0.29, 0.717) is 0 Å². The minimum atomic E-state index is -0.250. The van der Waals surface area contributed by atoms with Crippen LogP contribution in [-0.4, -0.2) is 11.6 Å². The highest BCUT2D eigenvalue weighted by Gasteiger charge is 1.79. The number of rotatable bonds is 0. The minimum Gasteiger partial charge on any atom is -0.483 e. The van der Waals surface area contributed by atoms with Crippen molar-refractivity contribution < 1.29 is 9.90 Å². The third-order valence-electron chi connectivity index (χ3n) is 1.22. The summed E-state index contributed by atoms with van der Waals surface area (Å²) in [6, 6.07) is 8.48. The molecule has 0 saturated carbocycles. The quantitative estimate of drug-likeness (QED) is 0.492. The smallest absolute Gasteiger partial charge is 0.290 e. The molecule has 0 heterocycles. The van der Waals surface area contributed by atoms with E-state index in [1.165, 1.54) is 11.1 Å². The van der Waals surface area contributed by atoms with E-state index in [4.69, 9.17) is 9.90 Å². The van der Waals surface area contributed by atoms with Gasteiger partial charge in [0, 0.05) is 0 Å². The van der Waals surface area contributed by atoms with Crippen molar-refractivity contribution in [2.45, 2.75) is 13.8 Å². The summed E-state index contributed by atoms with van der Waals surface area (Å²) in [5, 5.41) is 6.89. The van der Waals surface area contributed by atoms with Crippen molar-refractivity contribution in [1.82, 2.24) is 0 Å². The summed E-state index contributed by atoms with van der Waals surface area (Å²) in [5.74, 6) is 0. The molecule has 0 fully saturated rings. The molecule has 0 aliphatic rings. The molecule has 0 aliphatic heterocycles. The fourth-order valence-corrected chi connectivity index (χ4v) is 0.637. The van der Waals surface area contributed by atoms with Gasteiger partial charge < -0.3 is 5.11 Å². The van der Waals surface area contributed by atoms with Crippen molar-refractivity contribution in [1.29, 1.82) is 0 Å². The molecule has 13 heavy (non-hydrogen) atoms. The maximum absolute atomic E-state index is 8.36. The van der Waals surface area contributed by atoms with Gasteiger partial charge >= 0.3 is 0 Å². The molecule has 0 aromatic heterocycles. The molecule has 1 aromatic carbocycles. The number of carbonyl (C=O) groups is 1. The molecular weight excluding hydrogens is 164 g/mol. The molecule has 1 N–H and O–H groups in total. The Morgan fingerprint density at radius 2 is 1.23 bits per heavy atom. The predicted octanol–water partition coefficient (Wildman–Crippen LogP) is 2.81. The van der Waals surface area contributed by atoms with Gasteiger partial charge in [0.1, 0.15) is 0 Å². The number of hydrogen-bond donors (Lipinski definition) is 1. The summed E-state index contributed by atoms with van der Waals surface area (Å²) >= 11 is 0. The summed E-state index contributed by atoms with van der Waals surface area (Å²) in [6.45, 7) is 9.94. The van der Waals surface area contributed by atoms with Crippen molar-refractivity contribution in [3.8, 4) is 0 Å². The third kappa shape index (κ3) is 10.4. The summed E-state index contributed by atoms with van der Waals surface area (Å²) in [7, 11) is 0. The van der Waals surface area contributed by atoms with Gasteiger partial charge in [0.05, 0.1) is 0 Å². The molecule has 1 aromatic rings. The zero-order chi connectivity index (χ0) is 10.7. The van der Waals surface area contributed by atoms with E-state index in [9.17, 15) is 0 Å². The van der Waals surface area contributed by atoms with Crippen LogP contribution >= 0.6 is 0 Å². The molecule has 0 atom stereocenters. The number of aryl methyl sites for hydroxylation is 2. The van der Waals surface area contributed by atoms with E-state index in [1.807, 2.05) is 0 Å². The number of carboxylic acid groups (broad SMARTS) is 1. The molecule has 0 spiro atoms. The van der Waals surface area contributed by atoms with Crippen LogP contribution in [-0.2, 0) is 4.79 Å². The molecule has 0 amide bonds. The summed E-state index contributed by atoms with van der Waals surface area (Å²) in [5.41, 5.74) is 2.66. The molecule has 0 unspecified atom stereocenters. The Balaban J connectivity index is 0. The third-order valence-corrected chi connectivity index (χ3v) is 1.22. The van der Waals surface area contributed by atoms with E-state index < -0.39 is 0 Å². The first kappa shape index (κ1) is 14.0. The lowest BCUT2D eigenvalue weighted by molar-refractivity contribution is -0.122. The van der Waals surface area contributed by atoms with Crippen LogP contribution in [0.3, 0.4) is 0 Å². The first-order valence-corrected chi connectivity index (χ1v) is 3.82. The standard InChI is InChI=1S/C8H10.C2H4.CH2O2/c1-7-3-5-8(2)6-4-7;1-2;2-1-3/h3-6H,1-2H3;1-2H2;1H,(H,2,3). The zero-order valence-corrected chi connectivity index (χ0v) is 8.16. The average molecular weight is 180 g/mol. The van der Waals surface area contributed by atoms with E-state index in [2.05, 4.69) is 51.3 Å². The van der Waals surface area contributed by atoms with Crippen molar-refractivity contribution in [2.75, 3.05) is 0 Å². The van der Waals surface area contributed by atoms with E-state index >= 15 is 0 Å². The second-order valence-corrected chi connectivity index (χ2v) is 2.26. The van der Waals surface area contributed by atoms with E-state index in [1.54, 1.807) is 0 Å². The Labute approximate surface area is 79.5 Å². The monoisotopic (exact) mass is 180 g/mol. The normalized spacial score (nSPS) is 6.92. The maximum Gasteiger partial charge on any atom is 0.290 e. The Bertz CT molecular complexity index is 193. The average Bonchev–Trinajstić information content (AvgIpc) is 2.15. The Morgan fingerprint density at radius 1 is 1.08 bits per heavy atom. The van der Waals surface area contributed by atoms with Gasteiger partial charge in [0.2, 0.25) is 0 Å². The van der Waals surface area contributed by atoms with Crippen LogP contribution in [0.25, 0.3) is 0 Å². The molecule has 0 bridgehead atoms. The largest absolute Gasteiger partial charge is 0.483 e. The second kappa shape index (κ2) is 10.4. The molecule has 0 aliphatic carbocycles. The Kier molecular flexibility index (Phi) is 11.2. The molecular formula is C11H16O2. The fraction of sp³-hybridized carbons (Fsp3) is 0.182. The Morgan fingerprint density at radius 3 is 1.38 bits per heavy atom. The van der Waals surface area contributed by atoms with Gasteiger partial charge in [-0.3, -0.25) is 4.79 Å². The van der Waals surface area contributed by atoms with Crippen LogP contribution in [0.2, 0.25) is 0 Å². The molecule has 0 saturated heterocycles. The summed E-state index contributed by atoms with van der Waals surface area (Å²) in [6.07, 6.45) is 0. The summed E-state index contributed by atoms with van der Waals surface area (Å²) in [4.78, 5) is 8.36. The highest BCUT2D eigenvalue weighted by Crippen LogP contribution is 1.99. The van der Waals surface area contributed by atoms with Gasteiger partial charge in [0.25, 0.3) is 6.47 Å². The molecule has 2 nitrogen and oxygen atoms in total. The fourth-order valence-electron chi connectivity index (χ4n) is 0.637.